The van der Waals surface area contributed by atoms with E-state index in [2.05, 4.69) is 20.1 Å². The zero-order valence-electron chi connectivity index (χ0n) is 10.5. The SMILES string of the molecule is [Fe+2].[N-]=[N+]=NC(=O)c1ccc[cH-]1.[N-]=[N+]=NC(=O)c1ccc[cH-]1. The van der Waals surface area contributed by atoms with E-state index < -0.39 is 11.8 Å². The summed E-state index contributed by atoms with van der Waals surface area (Å²) in [6.45, 7) is 0. The van der Waals surface area contributed by atoms with E-state index >= 15 is 0 Å². The van der Waals surface area contributed by atoms with Gasteiger partial charge in [-0.25, -0.2) is 0 Å². The second-order valence-electron chi connectivity index (χ2n) is 3.34. The van der Waals surface area contributed by atoms with Crippen LogP contribution in [-0.4, -0.2) is 11.8 Å². The van der Waals surface area contributed by atoms with Crippen molar-refractivity contribution in [3.8, 4) is 0 Å². The van der Waals surface area contributed by atoms with Gasteiger partial charge in [0, 0.05) is 0 Å². The van der Waals surface area contributed by atoms with Gasteiger partial charge in [0.2, 0.25) is 0 Å². The predicted molar refractivity (Wildman–Crippen MR) is 71.0 cm³/mol. The maximum atomic E-state index is 10.7. The molecule has 0 radical (unpaired) electrons. The minimum absolute atomic E-state index is 0. The smallest absolute Gasteiger partial charge is 0.346 e. The van der Waals surface area contributed by atoms with Gasteiger partial charge >= 0.3 is 17.1 Å². The van der Waals surface area contributed by atoms with Gasteiger partial charge in [0.15, 0.2) is 11.8 Å². The Morgan fingerprint density at radius 1 is 0.905 bits per heavy atom. The fourth-order valence-electron chi connectivity index (χ4n) is 1.23. The molecule has 0 heterocycles. The van der Waals surface area contributed by atoms with Crippen LogP contribution in [0.5, 0.6) is 0 Å². The average Bonchev–Trinajstić information content (AvgIpc) is 3.14. The van der Waals surface area contributed by atoms with Gasteiger partial charge < -0.3 is 9.59 Å². The maximum absolute atomic E-state index is 10.7. The minimum atomic E-state index is -0.535. The van der Waals surface area contributed by atoms with Crippen LogP contribution in [0.3, 0.4) is 0 Å². The standard InChI is InChI=1S/2C6H4N3O.Fe/c2*7-9-8-6(10)5-3-1-2-4-5;/h2*1-4H;/q2*-1;+2. The Hall–Kier alpha value is -2.82. The Kier molecular flexibility index (Phi) is 8.68. The average molecular weight is 324 g/mol. The molecule has 0 saturated carbocycles. The Balaban J connectivity index is 0.000000364. The van der Waals surface area contributed by atoms with Gasteiger partial charge in [-0.05, 0) is 20.9 Å². The molecule has 0 aliphatic rings. The first-order chi connectivity index (χ1) is 9.69. The van der Waals surface area contributed by atoms with Gasteiger partial charge in [-0.1, -0.05) is 10.2 Å². The summed E-state index contributed by atoms with van der Waals surface area (Å²) in [5.41, 5.74) is 16.6. The number of amides is 2. The molecule has 0 N–H and O–H groups in total. The molecule has 2 rings (SSSR count). The molecule has 21 heavy (non-hydrogen) atoms. The van der Waals surface area contributed by atoms with Gasteiger partial charge in [0.1, 0.15) is 0 Å². The van der Waals surface area contributed by atoms with Crippen LogP contribution >= 0.6 is 0 Å². The van der Waals surface area contributed by atoms with Crippen LogP contribution in [0.15, 0.2) is 58.8 Å². The van der Waals surface area contributed by atoms with Gasteiger partial charge in [0.25, 0.3) is 0 Å². The van der Waals surface area contributed by atoms with Crippen LogP contribution in [0.4, 0.5) is 0 Å². The third kappa shape index (κ3) is 6.24. The molecule has 0 spiro atoms. The molecular formula is C12H8FeN6O2. The fraction of sp³-hybridized carbons (Fsp3) is 0. The van der Waals surface area contributed by atoms with Crippen LogP contribution in [0, 0.1) is 0 Å². The van der Waals surface area contributed by atoms with Crippen molar-refractivity contribution in [1.82, 2.24) is 0 Å². The molecule has 2 aromatic carbocycles. The molecule has 8 nitrogen and oxygen atoms in total. The second-order valence-corrected chi connectivity index (χ2v) is 3.34. The number of nitrogens with zero attached hydrogens (tertiary/aromatic N) is 6. The van der Waals surface area contributed by atoms with Crippen molar-refractivity contribution < 1.29 is 26.7 Å². The fourth-order valence-corrected chi connectivity index (χ4v) is 1.23. The molecule has 0 fully saturated rings. The van der Waals surface area contributed by atoms with E-state index in [9.17, 15) is 9.59 Å². The number of carbonyl (C=O) groups is 2. The molecule has 0 bridgehead atoms. The van der Waals surface area contributed by atoms with E-state index in [0.717, 1.165) is 0 Å². The van der Waals surface area contributed by atoms with E-state index in [0.29, 0.717) is 11.1 Å². The summed E-state index contributed by atoms with van der Waals surface area (Å²) in [6, 6.07) is 13.2. The molecule has 106 valence electrons. The molecule has 0 aromatic heterocycles. The zero-order chi connectivity index (χ0) is 14.8. The Labute approximate surface area is 129 Å². The summed E-state index contributed by atoms with van der Waals surface area (Å²) in [5, 5.41) is 5.82. The van der Waals surface area contributed by atoms with Gasteiger partial charge in [-0.2, -0.15) is 36.4 Å². The molecule has 0 saturated heterocycles. The van der Waals surface area contributed by atoms with Crippen molar-refractivity contribution in [2.45, 2.75) is 0 Å². The van der Waals surface area contributed by atoms with E-state index in [-0.39, 0.29) is 17.1 Å². The normalized spacial score (nSPS) is 8.00. The Morgan fingerprint density at radius 2 is 1.29 bits per heavy atom. The van der Waals surface area contributed by atoms with E-state index in [1.807, 2.05) is 0 Å². The minimum Gasteiger partial charge on any atom is -0.346 e. The Morgan fingerprint density at radius 3 is 1.52 bits per heavy atom. The first-order valence-electron chi connectivity index (χ1n) is 5.31. The van der Waals surface area contributed by atoms with E-state index in [1.165, 1.54) is 0 Å². The van der Waals surface area contributed by atoms with Crippen LogP contribution < -0.4 is 0 Å². The van der Waals surface area contributed by atoms with Crippen molar-refractivity contribution in [3.05, 3.63) is 80.5 Å². The summed E-state index contributed by atoms with van der Waals surface area (Å²) in [5.74, 6) is -1.07. The number of hydrogen-bond acceptors (Lipinski definition) is 2. The predicted octanol–water partition coefficient (Wildman–Crippen LogP) is 3.71. The third-order valence-corrected chi connectivity index (χ3v) is 2.09. The second kappa shape index (κ2) is 10.0. The third-order valence-electron chi connectivity index (χ3n) is 2.09. The van der Waals surface area contributed by atoms with Crippen molar-refractivity contribution in [3.63, 3.8) is 0 Å². The molecule has 0 aliphatic carbocycles. The van der Waals surface area contributed by atoms with E-state index in [1.54, 1.807) is 48.5 Å². The summed E-state index contributed by atoms with van der Waals surface area (Å²) in [4.78, 5) is 26.1. The molecule has 0 atom stereocenters. The van der Waals surface area contributed by atoms with Crippen LogP contribution in [0.25, 0.3) is 20.9 Å². The maximum Gasteiger partial charge on any atom is 2.00 e. The van der Waals surface area contributed by atoms with Crippen molar-refractivity contribution in [2.75, 3.05) is 0 Å². The topological polar surface area (TPSA) is 132 Å². The first kappa shape index (κ1) is 18.2. The van der Waals surface area contributed by atoms with Crippen molar-refractivity contribution in [1.29, 1.82) is 0 Å². The number of azide groups is 2. The van der Waals surface area contributed by atoms with Crippen LogP contribution in [0.2, 0.25) is 0 Å². The summed E-state index contributed by atoms with van der Waals surface area (Å²) in [6.07, 6.45) is 0. The zero-order valence-corrected chi connectivity index (χ0v) is 11.6. The van der Waals surface area contributed by atoms with Crippen LogP contribution in [-0.2, 0) is 17.1 Å². The molecule has 9 heteroatoms. The van der Waals surface area contributed by atoms with Gasteiger partial charge in [-0.3, -0.25) is 0 Å². The van der Waals surface area contributed by atoms with Crippen molar-refractivity contribution >= 4 is 11.8 Å². The summed E-state index contributed by atoms with van der Waals surface area (Å²) in [7, 11) is 0. The molecule has 0 unspecified atom stereocenters. The number of hydrogen-bond donors (Lipinski definition) is 0. The van der Waals surface area contributed by atoms with Gasteiger partial charge in [0.05, 0.1) is 0 Å². The monoisotopic (exact) mass is 324 g/mol. The molecule has 2 amide bonds. The first-order valence-corrected chi connectivity index (χ1v) is 5.31. The number of rotatable bonds is 2. The summed E-state index contributed by atoms with van der Waals surface area (Å²) < 4.78 is 0. The van der Waals surface area contributed by atoms with Gasteiger partial charge in [-0.15, -0.1) is 23.3 Å². The Bertz CT molecular complexity index is 604. The van der Waals surface area contributed by atoms with E-state index in [4.69, 9.17) is 11.1 Å². The number of carbonyl (C=O) groups excluding carboxylic acids is 2. The molecule has 0 aliphatic heterocycles. The summed E-state index contributed by atoms with van der Waals surface area (Å²) >= 11 is 0. The molecular weight excluding hydrogens is 316 g/mol. The van der Waals surface area contributed by atoms with Crippen molar-refractivity contribution in [2.24, 2.45) is 10.2 Å². The molecule has 2 aromatic rings. The quantitative estimate of drug-likeness (QED) is 0.274. The van der Waals surface area contributed by atoms with Crippen LogP contribution in [0.1, 0.15) is 20.7 Å². The largest absolute Gasteiger partial charge is 2.00 e.